The predicted octanol–water partition coefficient (Wildman–Crippen LogP) is 2.48. The molecule has 0 atom stereocenters. The molecule has 0 fully saturated rings. The van der Waals surface area contributed by atoms with Crippen molar-refractivity contribution in [2.75, 3.05) is 5.32 Å². The zero-order valence-corrected chi connectivity index (χ0v) is 9.92. The van der Waals surface area contributed by atoms with E-state index in [1.807, 2.05) is 13.0 Å². The van der Waals surface area contributed by atoms with Gasteiger partial charge in [0, 0.05) is 17.4 Å². The highest BCUT2D eigenvalue weighted by Gasteiger charge is 2.04. The average molecular weight is 243 g/mol. The zero-order valence-electron chi connectivity index (χ0n) is 9.92. The van der Waals surface area contributed by atoms with Crippen LogP contribution in [0, 0.1) is 0 Å². The zero-order chi connectivity index (χ0) is 13.0. The third-order valence-corrected chi connectivity index (χ3v) is 2.47. The molecule has 0 radical (unpaired) electrons. The molecule has 1 aromatic carbocycles. The Kier molecular flexibility index (Phi) is 3.52. The highest BCUT2D eigenvalue weighted by atomic mass is 16.4. The Morgan fingerprint density at radius 1 is 1.33 bits per heavy atom. The summed E-state index contributed by atoms with van der Waals surface area (Å²) in [4.78, 5) is 19.0. The summed E-state index contributed by atoms with van der Waals surface area (Å²) < 4.78 is 0. The molecule has 0 saturated carbocycles. The van der Waals surface area contributed by atoms with Gasteiger partial charge in [0.25, 0.3) is 0 Å². The lowest BCUT2D eigenvalue weighted by Gasteiger charge is -2.06. The van der Waals surface area contributed by atoms with Gasteiger partial charge in [-0.3, -0.25) is 0 Å². The van der Waals surface area contributed by atoms with Crippen molar-refractivity contribution in [3.05, 3.63) is 47.9 Å². The monoisotopic (exact) mass is 243 g/mol. The summed E-state index contributed by atoms with van der Waals surface area (Å²) in [6.07, 6.45) is 2.31. The van der Waals surface area contributed by atoms with Gasteiger partial charge in [0.1, 0.15) is 12.1 Å². The van der Waals surface area contributed by atoms with Crippen molar-refractivity contribution < 1.29 is 9.90 Å². The van der Waals surface area contributed by atoms with E-state index in [0.29, 0.717) is 11.5 Å². The van der Waals surface area contributed by atoms with E-state index >= 15 is 0 Å². The molecule has 2 rings (SSSR count). The lowest BCUT2D eigenvalue weighted by atomic mass is 10.2. The first-order valence-corrected chi connectivity index (χ1v) is 5.60. The number of carbonyl (C=O) groups is 1. The standard InChI is InChI=1S/C13H13N3O2/c1-2-10-7-12(15-8-14-10)16-11-5-3-4-9(6-11)13(17)18/h3-8H,2H2,1H3,(H,17,18)(H,14,15,16). The van der Waals surface area contributed by atoms with Gasteiger partial charge in [0.2, 0.25) is 0 Å². The molecule has 18 heavy (non-hydrogen) atoms. The quantitative estimate of drug-likeness (QED) is 0.862. The number of carboxylic acids is 1. The van der Waals surface area contributed by atoms with Gasteiger partial charge in [-0.2, -0.15) is 0 Å². The first kappa shape index (κ1) is 12.0. The van der Waals surface area contributed by atoms with Crippen LogP contribution in [-0.4, -0.2) is 21.0 Å². The lowest BCUT2D eigenvalue weighted by Crippen LogP contribution is -2.00. The fourth-order valence-electron chi connectivity index (χ4n) is 1.54. The van der Waals surface area contributed by atoms with E-state index in [4.69, 9.17) is 5.11 Å². The van der Waals surface area contributed by atoms with Crippen molar-refractivity contribution >= 4 is 17.5 Å². The maximum Gasteiger partial charge on any atom is 0.335 e. The fraction of sp³-hybridized carbons (Fsp3) is 0.154. The van der Waals surface area contributed by atoms with Crippen LogP contribution in [0.4, 0.5) is 11.5 Å². The second-order valence-electron chi connectivity index (χ2n) is 3.76. The van der Waals surface area contributed by atoms with E-state index in [1.165, 1.54) is 6.33 Å². The molecular weight excluding hydrogens is 230 g/mol. The second-order valence-corrected chi connectivity index (χ2v) is 3.76. The summed E-state index contributed by atoms with van der Waals surface area (Å²) >= 11 is 0. The number of benzene rings is 1. The normalized spacial score (nSPS) is 10.1. The van der Waals surface area contributed by atoms with Gasteiger partial charge >= 0.3 is 5.97 Å². The van der Waals surface area contributed by atoms with E-state index in [1.54, 1.807) is 24.3 Å². The molecule has 0 spiro atoms. The van der Waals surface area contributed by atoms with Gasteiger partial charge in [0.15, 0.2) is 0 Å². The molecule has 0 aliphatic heterocycles. The molecule has 0 bridgehead atoms. The third kappa shape index (κ3) is 2.82. The van der Waals surface area contributed by atoms with Gasteiger partial charge in [-0.05, 0) is 24.6 Å². The summed E-state index contributed by atoms with van der Waals surface area (Å²) in [6.45, 7) is 2.01. The molecule has 5 nitrogen and oxygen atoms in total. The Labute approximate surface area is 105 Å². The largest absolute Gasteiger partial charge is 0.478 e. The van der Waals surface area contributed by atoms with Crippen LogP contribution < -0.4 is 5.32 Å². The van der Waals surface area contributed by atoms with Gasteiger partial charge in [0.05, 0.1) is 5.56 Å². The van der Waals surface area contributed by atoms with E-state index in [9.17, 15) is 4.79 Å². The van der Waals surface area contributed by atoms with Crippen LogP contribution in [0.15, 0.2) is 36.7 Å². The number of anilines is 2. The smallest absolute Gasteiger partial charge is 0.335 e. The van der Waals surface area contributed by atoms with Gasteiger partial charge in [-0.25, -0.2) is 14.8 Å². The molecule has 0 aliphatic carbocycles. The van der Waals surface area contributed by atoms with Crippen molar-refractivity contribution in [2.24, 2.45) is 0 Å². The first-order chi connectivity index (χ1) is 8.69. The Balaban J connectivity index is 2.22. The maximum atomic E-state index is 10.9. The summed E-state index contributed by atoms with van der Waals surface area (Å²) in [5.41, 5.74) is 1.86. The van der Waals surface area contributed by atoms with Crippen LogP contribution in [-0.2, 0) is 6.42 Å². The van der Waals surface area contributed by atoms with Crippen LogP contribution in [0.25, 0.3) is 0 Å². The van der Waals surface area contributed by atoms with Crippen molar-refractivity contribution in [2.45, 2.75) is 13.3 Å². The molecule has 0 aliphatic rings. The summed E-state index contributed by atoms with van der Waals surface area (Å²) in [6, 6.07) is 8.43. The number of aromatic nitrogens is 2. The van der Waals surface area contributed by atoms with Crippen molar-refractivity contribution in [1.82, 2.24) is 9.97 Å². The number of carboxylic acid groups (broad SMARTS) is 1. The Morgan fingerprint density at radius 2 is 2.17 bits per heavy atom. The van der Waals surface area contributed by atoms with Gasteiger partial charge in [-0.15, -0.1) is 0 Å². The third-order valence-electron chi connectivity index (χ3n) is 2.47. The van der Waals surface area contributed by atoms with E-state index in [2.05, 4.69) is 15.3 Å². The highest BCUT2D eigenvalue weighted by Crippen LogP contribution is 2.16. The Bertz CT molecular complexity index is 570. The number of aryl methyl sites for hydroxylation is 1. The van der Waals surface area contributed by atoms with E-state index in [0.717, 1.165) is 12.1 Å². The molecule has 2 aromatic rings. The molecule has 5 heteroatoms. The summed E-state index contributed by atoms with van der Waals surface area (Å²) in [5, 5.41) is 12.0. The Morgan fingerprint density at radius 3 is 2.89 bits per heavy atom. The predicted molar refractivity (Wildman–Crippen MR) is 68.1 cm³/mol. The molecule has 92 valence electrons. The van der Waals surface area contributed by atoms with Crippen LogP contribution in [0.5, 0.6) is 0 Å². The number of nitrogens with zero attached hydrogens (tertiary/aromatic N) is 2. The molecule has 2 N–H and O–H groups in total. The fourth-order valence-corrected chi connectivity index (χ4v) is 1.54. The molecule has 1 aromatic heterocycles. The number of rotatable bonds is 4. The summed E-state index contributed by atoms with van der Waals surface area (Å²) in [5.74, 6) is -0.292. The Hall–Kier alpha value is -2.43. The minimum atomic E-state index is -0.949. The van der Waals surface area contributed by atoms with Crippen LogP contribution in [0.3, 0.4) is 0 Å². The average Bonchev–Trinajstić information content (AvgIpc) is 2.39. The van der Waals surface area contributed by atoms with Gasteiger partial charge < -0.3 is 10.4 Å². The SMILES string of the molecule is CCc1cc(Nc2cccc(C(=O)O)c2)ncn1. The van der Waals surface area contributed by atoms with Gasteiger partial charge in [-0.1, -0.05) is 13.0 Å². The first-order valence-electron chi connectivity index (χ1n) is 5.60. The molecule has 0 amide bonds. The van der Waals surface area contributed by atoms with E-state index in [-0.39, 0.29) is 5.56 Å². The number of hydrogen-bond donors (Lipinski definition) is 2. The van der Waals surface area contributed by atoms with E-state index < -0.39 is 5.97 Å². The van der Waals surface area contributed by atoms with Crippen molar-refractivity contribution in [1.29, 1.82) is 0 Å². The molecule has 0 saturated heterocycles. The van der Waals surface area contributed by atoms with Crippen LogP contribution >= 0.6 is 0 Å². The van der Waals surface area contributed by atoms with Crippen molar-refractivity contribution in [3.63, 3.8) is 0 Å². The molecule has 0 unspecified atom stereocenters. The highest BCUT2D eigenvalue weighted by molar-refractivity contribution is 5.89. The maximum absolute atomic E-state index is 10.9. The minimum absolute atomic E-state index is 0.241. The number of hydrogen-bond acceptors (Lipinski definition) is 4. The number of aromatic carboxylic acids is 1. The second kappa shape index (κ2) is 5.27. The number of nitrogens with one attached hydrogen (secondary N) is 1. The molecular formula is C13H13N3O2. The van der Waals surface area contributed by atoms with Crippen LogP contribution in [0.2, 0.25) is 0 Å². The van der Waals surface area contributed by atoms with Crippen molar-refractivity contribution in [3.8, 4) is 0 Å². The topological polar surface area (TPSA) is 75.1 Å². The van der Waals surface area contributed by atoms with Crippen LogP contribution in [0.1, 0.15) is 23.0 Å². The lowest BCUT2D eigenvalue weighted by molar-refractivity contribution is 0.0697. The minimum Gasteiger partial charge on any atom is -0.478 e. The summed E-state index contributed by atoms with van der Waals surface area (Å²) in [7, 11) is 0. The molecule has 1 heterocycles.